The maximum absolute atomic E-state index is 11.5. The van der Waals surface area contributed by atoms with Gasteiger partial charge in [-0.25, -0.2) is 0 Å². The summed E-state index contributed by atoms with van der Waals surface area (Å²) in [5.41, 5.74) is 5.04. The molecular formula is C16H31NO5P+. The Morgan fingerprint density at radius 1 is 1.13 bits per heavy atom. The van der Waals surface area contributed by atoms with Crippen LogP contribution < -0.4 is 5.73 Å². The minimum Gasteiger partial charge on any atom is -0.481 e. The minimum atomic E-state index is -1.80. The van der Waals surface area contributed by atoms with Crippen molar-refractivity contribution in [2.24, 2.45) is 23.5 Å². The molecule has 4 unspecified atom stereocenters. The number of hydrogen-bond acceptors (Lipinski definition) is 4. The number of nitrogens with two attached hydrogens (primary N) is 1. The topological polar surface area (TPSA) is 118 Å². The first-order valence-corrected chi connectivity index (χ1v) is 9.16. The molecule has 0 bridgehead atoms. The molecule has 0 fully saturated rings. The molecule has 0 saturated carbocycles. The largest absolute Gasteiger partial charge is 0.481 e. The number of aliphatic hydroxyl groups is 1. The van der Waals surface area contributed by atoms with Crippen LogP contribution in [0.3, 0.4) is 0 Å². The van der Waals surface area contributed by atoms with E-state index in [0.717, 1.165) is 19.3 Å². The highest BCUT2D eigenvalue weighted by Gasteiger charge is 2.49. The van der Waals surface area contributed by atoms with E-state index in [4.69, 9.17) is 5.73 Å². The first kappa shape index (κ1) is 22.0. The Kier molecular flexibility index (Phi) is 10.2. The van der Waals surface area contributed by atoms with Crippen LogP contribution in [0.2, 0.25) is 0 Å². The van der Waals surface area contributed by atoms with Gasteiger partial charge in [0.05, 0.1) is 0 Å². The Hall–Kier alpha value is -1.00. The van der Waals surface area contributed by atoms with Crippen molar-refractivity contribution in [1.82, 2.24) is 0 Å². The fourth-order valence-electron chi connectivity index (χ4n) is 2.63. The fourth-order valence-corrected chi connectivity index (χ4v) is 3.29. The zero-order valence-electron chi connectivity index (χ0n) is 14.4. The van der Waals surface area contributed by atoms with Crippen LogP contribution in [0.25, 0.3) is 0 Å². The van der Waals surface area contributed by atoms with Crippen LogP contribution in [0.4, 0.5) is 0 Å². The smallest absolute Gasteiger partial charge is 0.360 e. The van der Waals surface area contributed by atoms with Crippen molar-refractivity contribution in [1.29, 1.82) is 0 Å². The lowest BCUT2D eigenvalue weighted by atomic mass is 9.88. The van der Waals surface area contributed by atoms with Crippen molar-refractivity contribution in [3.8, 4) is 0 Å². The van der Waals surface area contributed by atoms with Crippen LogP contribution in [-0.2, 0) is 14.2 Å². The maximum Gasteiger partial charge on any atom is 0.360 e. The average molecular weight is 348 g/mol. The molecule has 0 aliphatic rings. The summed E-state index contributed by atoms with van der Waals surface area (Å²) < 4.78 is 11.5. The molecule has 4 N–H and O–H groups in total. The van der Waals surface area contributed by atoms with Gasteiger partial charge in [0.1, 0.15) is 5.92 Å². The number of amides is 1. The summed E-state index contributed by atoms with van der Waals surface area (Å²) in [7, 11) is -1.15. The van der Waals surface area contributed by atoms with Gasteiger partial charge in [-0.3, -0.25) is 9.59 Å². The van der Waals surface area contributed by atoms with Crippen molar-refractivity contribution < 1.29 is 24.4 Å². The quantitative estimate of drug-likeness (QED) is 0.442. The molecule has 4 atom stereocenters. The van der Waals surface area contributed by atoms with Gasteiger partial charge in [-0.1, -0.05) is 44.6 Å². The molecule has 6 nitrogen and oxygen atoms in total. The SMILES string of the molecule is CC(C)CCCC(C)CCC(O)([PH+]=O)C(CCC(N)=O)C(=O)O. The summed E-state index contributed by atoms with van der Waals surface area (Å²) in [6.07, 6.45) is 3.72. The molecule has 1 amide bonds. The van der Waals surface area contributed by atoms with Crippen LogP contribution in [0.15, 0.2) is 0 Å². The number of carboxylic acid groups (broad SMARTS) is 1. The van der Waals surface area contributed by atoms with Gasteiger partial charge < -0.3 is 15.9 Å². The van der Waals surface area contributed by atoms with Crippen LogP contribution in [-0.4, -0.2) is 27.4 Å². The van der Waals surface area contributed by atoms with Gasteiger partial charge in [0, 0.05) is 12.8 Å². The van der Waals surface area contributed by atoms with E-state index >= 15 is 0 Å². The second-order valence-corrected chi connectivity index (χ2v) is 7.96. The van der Waals surface area contributed by atoms with E-state index in [2.05, 4.69) is 13.8 Å². The molecule has 0 spiro atoms. The van der Waals surface area contributed by atoms with Crippen molar-refractivity contribution in [3.63, 3.8) is 0 Å². The number of carbonyl (C=O) groups excluding carboxylic acids is 1. The molecule has 0 heterocycles. The van der Waals surface area contributed by atoms with Crippen LogP contribution >= 0.6 is 8.46 Å². The highest BCUT2D eigenvalue weighted by Crippen LogP contribution is 2.38. The van der Waals surface area contributed by atoms with Gasteiger partial charge in [0.15, 0.2) is 0 Å². The molecule has 0 aliphatic carbocycles. The second-order valence-electron chi connectivity index (χ2n) is 6.89. The normalized spacial score (nSPS) is 16.9. The molecule has 0 aromatic rings. The lowest BCUT2D eigenvalue weighted by molar-refractivity contribution is -0.148. The van der Waals surface area contributed by atoms with Gasteiger partial charge in [0.2, 0.25) is 5.91 Å². The molecule has 0 aliphatic heterocycles. The molecule has 134 valence electrons. The number of aliphatic carboxylic acids is 1. The van der Waals surface area contributed by atoms with Crippen LogP contribution in [0.5, 0.6) is 0 Å². The number of rotatable bonds is 13. The number of hydrogen-bond donors (Lipinski definition) is 3. The van der Waals surface area contributed by atoms with E-state index in [9.17, 15) is 24.4 Å². The molecule has 0 aromatic carbocycles. The molecule has 7 heteroatoms. The third-order valence-electron chi connectivity index (χ3n) is 4.23. The zero-order chi connectivity index (χ0) is 18.0. The van der Waals surface area contributed by atoms with Crippen LogP contribution in [0, 0.1) is 17.8 Å². The van der Waals surface area contributed by atoms with E-state index < -0.39 is 31.6 Å². The Morgan fingerprint density at radius 2 is 1.74 bits per heavy atom. The average Bonchev–Trinajstić information content (AvgIpc) is 2.44. The fraction of sp³-hybridized carbons (Fsp3) is 0.875. The van der Waals surface area contributed by atoms with Crippen LogP contribution in [0.1, 0.15) is 65.7 Å². The third kappa shape index (κ3) is 9.01. The monoisotopic (exact) mass is 348 g/mol. The molecule has 0 aromatic heterocycles. The third-order valence-corrected chi connectivity index (χ3v) is 5.18. The number of carboxylic acids is 1. The molecule has 23 heavy (non-hydrogen) atoms. The van der Waals surface area contributed by atoms with Gasteiger partial charge in [0.25, 0.3) is 5.34 Å². The van der Waals surface area contributed by atoms with E-state index in [1.54, 1.807) is 0 Å². The van der Waals surface area contributed by atoms with Crippen molar-refractivity contribution in [2.45, 2.75) is 71.1 Å². The Morgan fingerprint density at radius 3 is 2.17 bits per heavy atom. The highest BCUT2D eigenvalue weighted by atomic mass is 31.1. The Labute approximate surface area is 140 Å². The lowest BCUT2D eigenvalue weighted by Gasteiger charge is -2.23. The van der Waals surface area contributed by atoms with Gasteiger partial charge in [-0.05, 0) is 24.7 Å². The predicted octanol–water partition coefficient (Wildman–Crippen LogP) is 2.91. The molecule has 0 saturated heterocycles. The Balaban J connectivity index is 4.62. The highest BCUT2D eigenvalue weighted by molar-refractivity contribution is 7.25. The van der Waals surface area contributed by atoms with Gasteiger partial charge in [-0.2, -0.15) is 0 Å². The predicted molar refractivity (Wildman–Crippen MR) is 90.6 cm³/mol. The van der Waals surface area contributed by atoms with Gasteiger partial charge >= 0.3 is 14.4 Å². The van der Waals surface area contributed by atoms with Gasteiger partial charge in [-0.15, -0.1) is 0 Å². The maximum atomic E-state index is 11.5. The van der Waals surface area contributed by atoms with E-state index in [1.807, 2.05) is 6.92 Å². The van der Waals surface area contributed by atoms with E-state index in [1.165, 1.54) is 0 Å². The summed E-state index contributed by atoms with van der Waals surface area (Å²) >= 11 is 0. The summed E-state index contributed by atoms with van der Waals surface area (Å²) in [6.45, 7) is 6.38. The van der Waals surface area contributed by atoms with E-state index in [0.29, 0.717) is 18.3 Å². The summed E-state index contributed by atoms with van der Waals surface area (Å²) in [5.74, 6) is -2.15. The zero-order valence-corrected chi connectivity index (χ0v) is 15.4. The van der Waals surface area contributed by atoms with Crippen molar-refractivity contribution in [2.75, 3.05) is 0 Å². The number of primary amides is 1. The Bertz CT molecular complexity index is 402. The standard InChI is InChI=1S/C16H30NO5P/c1-11(2)5-4-6-12(3)9-10-16(21,23-22)13(15(19)20)7-8-14(17)18/h11-13,21H,4-10H2,1-3H3,(H2,17,18)(H,19,20)/p+1. The van der Waals surface area contributed by atoms with E-state index in [-0.39, 0.29) is 19.3 Å². The van der Waals surface area contributed by atoms with Crippen molar-refractivity contribution >= 4 is 20.3 Å². The lowest BCUT2D eigenvalue weighted by Crippen LogP contribution is -2.38. The second kappa shape index (κ2) is 10.7. The first-order valence-electron chi connectivity index (χ1n) is 8.25. The minimum absolute atomic E-state index is 0.0991. The molecule has 0 radical (unpaired) electrons. The first-order chi connectivity index (χ1) is 10.6. The molecular weight excluding hydrogens is 317 g/mol. The summed E-state index contributed by atoms with van der Waals surface area (Å²) in [4.78, 5) is 22.2. The summed E-state index contributed by atoms with van der Waals surface area (Å²) in [5, 5.41) is 18.0. The molecule has 0 rings (SSSR count). The van der Waals surface area contributed by atoms with Crippen molar-refractivity contribution in [3.05, 3.63) is 0 Å². The number of carbonyl (C=O) groups is 2. The summed E-state index contributed by atoms with van der Waals surface area (Å²) in [6, 6.07) is 0.